The zero-order valence-corrected chi connectivity index (χ0v) is 13.9. The lowest BCUT2D eigenvalue weighted by molar-refractivity contribution is -0.386. The molecule has 7 nitrogen and oxygen atoms in total. The Morgan fingerprint density at radius 1 is 1.39 bits per heavy atom. The van der Waals surface area contributed by atoms with Crippen LogP contribution in [0.3, 0.4) is 0 Å². The topological polar surface area (TPSA) is 87.3 Å². The van der Waals surface area contributed by atoms with Crippen molar-refractivity contribution in [1.82, 2.24) is 9.78 Å². The number of esters is 1. The number of hydrogen-bond donors (Lipinski definition) is 0. The van der Waals surface area contributed by atoms with Gasteiger partial charge >= 0.3 is 11.7 Å². The molecule has 0 aliphatic heterocycles. The quantitative estimate of drug-likeness (QED) is 0.464. The van der Waals surface area contributed by atoms with Crippen molar-refractivity contribution < 1.29 is 14.5 Å². The molecule has 2 aromatic rings. The summed E-state index contributed by atoms with van der Waals surface area (Å²) in [6.07, 6.45) is 0. The molecule has 0 fully saturated rings. The number of carbonyl (C=O) groups is 1. The molecular weight excluding hydrogens is 345 g/mol. The Balaban J connectivity index is 2.03. The summed E-state index contributed by atoms with van der Waals surface area (Å²) in [6.45, 7) is 2.81. The monoisotopic (exact) mass is 357 g/mol. The predicted molar refractivity (Wildman–Crippen MR) is 84.6 cm³/mol. The van der Waals surface area contributed by atoms with E-state index in [0.29, 0.717) is 21.3 Å². The van der Waals surface area contributed by atoms with Crippen LogP contribution in [0.4, 0.5) is 5.69 Å². The van der Waals surface area contributed by atoms with Gasteiger partial charge in [0.2, 0.25) is 0 Å². The zero-order valence-electron chi connectivity index (χ0n) is 12.4. The Morgan fingerprint density at radius 3 is 2.65 bits per heavy atom. The second-order valence-corrected chi connectivity index (χ2v) is 5.67. The van der Waals surface area contributed by atoms with E-state index in [0.717, 1.165) is 0 Å². The molecule has 1 heterocycles. The predicted octanol–water partition coefficient (Wildman–Crippen LogP) is 3.46. The first-order valence-corrected chi connectivity index (χ1v) is 7.33. The maximum absolute atomic E-state index is 11.9. The average Bonchev–Trinajstić information content (AvgIpc) is 2.72. The molecule has 0 radical (unpaired) electrons. The van der Waals surface area contributed by atoms with Crippen LogP contribution in [0.5, 0.6) is 0 Å². The maximum Gasteiger partial charge on any atom is 0.328 e. The second-order valence-electron chi connectivity index (χ2n) is 4.83. The summed E-state index contributed by atoms with van der Waals surface area (Å²) in [5, 5.41) is 15.8. The lowest BCUT2D eigenvalue weighted by Crippen LogP contribution is -2.15. The third-order valence-corrected chi connectivity index (χ3v) is 3.80. The molecule has 23 heavy (non-hydrogen) atoms. The molecule has 1 aromatic carbocycles. The van der Waals surface area contributed by atoms with Crippen molar-refractivity contribution in [2.24, 2.45) is 0 Å². The van der Waals surface area contributed by atoms with Gasteiger partial charge in [0.05, 0.1) is 4.92 Å². The summed E-state index contributed by atoms with van der Waals surface area (Å²) in [6, 6.07) is 4.85. The molecule has 0 aliphatic carbocycles. The van der Waals surface area contributed by atoms with Crippen LogP contribution in [0.2, 0.25) is 10.0 Å². The van der Waals surface area contributed by atoms with Crippen LogP contribution >= 0.6 is 23.2 Å². The van der Waals surface area contributed by atoms with E-state index in [1.165, 1.54) is 18.5 Å². The molecule has 0 aliphatic rings. The summed E-state index contributed by atoms with van der Waals surface area (Å²) >= 11 is 11.8. The third kappa shape index (κ3) is 4.00. The van der Waals surface area contributed by atoms with Crippen molar-refractivity contribution in [3.8, 4) is 0 Å². The molecular formula is C14H13Cl2N3O4. The van der Waals surface area contributed by atoms with Gasteiger partial charge < -0.3 is 4.74 Å². The lowest BCUT2D eigenvalue weighted by atomic mass is 10.2. The number of aromatic nitrogens is 2. The van der Waals surface area contributed by atoms with E-state index in [9.17, 15) is 14.9 Å². The lowest BCUT2D eigenvalue weighted by Gasteiger charge is -2.07. The number of nitro groups is 1. The van der Waals surface area contributed by atoms with Gasteiger partial charge in [-0.25, -0.2) is 0 Å². The minimum atomic E-state index is -0.573. The van der Waals surface area contributed by atoms with Crippen molar-refractivity contribution in [1.29, 1.82) is 0 Å². The van der Waals surface area contributed by atoms with E-state index in [1.807, 2.05) is 0 Å². The minimum Gasteiger partial charge on any atom is -0.459 e. The molecule has 0 atom stereocenters. The van der Waals surface area contributed by atoms with Gasteiger partial charge in [0.1, 0.15) is 24.5 Å². The Morgan fingerprint density at radius 2 is 2.09 bits per heavy atom. The molecule has 0 spiro atoms. The molecule has 1 aromatic heterocycles. The van der Waals surface area contributed by atoms with Crippen LogP contribution in [0.15, 0.2) is 18.2 Å². The van der Waals surface area contributed by atoms with Gasteiger partial charge in [-0.1, -0.05) is 29.3 Å². The van der Waals surface area contributed by atoms with Gasteiger partial charge in [-0.15, -0.1) is 0 Å². The highest BCUT2D eigenvalue weighted by Crippen LogP contribution is 2.23. The van der Waals surface area contributed by atoms with Gasteiger partial charge in [0, 0.05) is 15.6 Å². The maximum atomic E-state index is 11.9. The van der Waals surface area contributed by atoms with Crippen LogP contribution in [0.1, 0.15) is 17.0 Å². The molecule has 0 amide bonds. The molecule has 2 rings (SSSR count). The fourth-order valence-electron chi connectivity index (χ4n) is 2.07. The standard InChI is InChI=1S/C14H13Cl2N3O4/c1-8-14(19(21)22)9(2)18(17-8)6-13(20)23-7-10-3-4-11(15)5-12(10)16/h3-5H,6-7H2,1-2H3. The van der Waals surface area contributed by atoms with Crippen molar-refractivity contribution in [2.75, 3.05) is 0 Å². The van der Waals surface area contributed by atoms with E-state index >= 15 is 0 Å². The second kappa shape index (κ2) is 6.97. The van der Waals surface area contributed by atoms with Gasteiger partial charge in [0.25, 0.3) is 0 Å². The summed E-state index contributed by atoms with van der Waals surface area (Å²) < 4.78 is 6.37. The van der Waals surface area contributed by atoms with Gasteiger partial charge in [-0.3, -0.25) is 19.6 Å². The van der Waals surface area contributed by atoms with Crippen molar-refractivity contribution in [3.63, 3.8) is 0 Å². The number of nitrogens with zero attached hydrogens (tertiary/aromatic N) is 3. The summed E-state index contributed by atoms with van der Waals surface area (Å²) in [5.41, 5.74) is 1.07. The van der Waals surface area contributed by atoms with Crippen molar-refractivity contribution >= 4 is 34.9 Å². The van der Waals surface area contributed by atoms with Gasteiger partial charge in [0.15, 0.2) is 0 Å². The SMILES string of the molecule is Cc1nn(CC(=O)OCc2ccc(Cl)cc2Cl)c(C)c1[N+](=O)[O-]. The normalized spacial score (nSPS) is 10.6. The molecule has 0 N–H and O–H groups in total. The van der Waals surface area contributed by atoms with E-state index in [1.54, 1.807) is 18.2 Å². The molecule has 0 unspecified atom stereocenters. The first-order valence-electron chi connectivity index (χ1n) is 6.57. The molecule has 122 valence electrons. The van der Waals surface area contributed by atoms with Crippen LogP contribution in [-0.2, 0) is 22.7 Å². The molecule has 9 heteroatoms. The van der Waals surface area contributed by atoms with Crippen molar-refractivity contribution in [2.45, 2.75) is 27.0 Å². The zero-order chi connectivity index (χ0) is 17.1. The number of aryl methyl sites for hydroxylation is 1. The van der Waals surface area contributed by atoms with E-state index in [2.05, 4.69) is 5.10 Å². The third-order valence-electron chi connectivity index (χ3n) is 3.21. The number of halogens is 2. The largest absolute Gasteiger partial charge is 0.459 e. The summed E-state index contributed by atoms with van der Waals surface area (Å²) in [7, 11) is 0. The van der Waals surface area contributed by atoms with Crippen LogP contribution < -0.4 is 0 Å². The number of rotatable bonds is 5. The Kier molecular flexibility index (Phi) is 5.23. The number of ether oxygens (including phenoxy) is 1. The van der Waals surface area contributed by atoms with Crippen LogP contribution in [0.25, 0.3) is 0 Å². The summed E-state index contributed by atoms with van der Waals surface area (Å²) in [4.78, 5) is 22.3. The first-order chi connectivity index (χ1) is 10.8. The summed E-state index contributed by atoms with van der Waals surface area (Å²) in [5.74, 6) is -0.573. The highest BCUT2D eigenvalue weighted by Gasteiger charge is 2.23. The number of hydrogen-bond acceptors (Lipinski definition) is 5. The van der Waals surface area contributed by atoms with Gasteiger partial charge in [-0.05, 0) is 26.0 Å². The average molecular weight is 358 g/mol. The fourth-order valence-corrected chi connectivity index (χ4v) is 2.53. The van der Waals surface area contributed by atoms with Crippen LogP contribution in [0, 0.1) is 24.0 Å². The van der Waals surface area contributed by atoms with E-state index < -0.39 is 10.9 Å². The highest BCUT2D eigenvalue weighted by atomic mass is 35.5. The minimum absolute atomic E-state index is 0.0176. The molecule has 0 saturated carbocycles. The first kappa shape index (κ1) is 17.2. The Hall–Kier alpha value is -2.12. The number of carbonyl (C=O) groups excluding carboxylic acids is 1. The van der Waals surface area contributed by atoms with E-state index in [4.69, 9.17) is 27.9 Å². The smallest absolute Gasteiger partial charge is 0.328 e. The fraction of sp³-hybridized carbons (Fsp3) is 0.286. The Labute approximate surface area is 141 Å². The van der Waals surface area contributed by atoms with E-state index in [-0.39, 0.29) is 24.5 Å². The molecule has 0 saturated heterocycles. The van der Waals surface area contributed by atoms with Crippen LogP contribution in [-0.4, -0.2) is 20.7 Å². The molecule has 0 bridgehead atoms. The van der Waals surface area contributed by atoms with Gasteiger partial charge in [-0.2, -0.15) is 5.10 Å². The number of benzene rings is 1. The van der Waals surface area contributed by atoms with Crippen molar-refractivity contribution in [3.05, 3.63) is 55.3 Å². The highest BCUT2D eigenvalue weighted by molar-refractivity contribution is 6.35. The Bertz CT molecular complexity index is 774.